The second-order valence-electron chi connectivity index (χ2n) is 5.34. The van der Waals surface area contributed by atoms with Crippen LogP contribution in [0.25, 0.3) is 0 Å². The Morgan fingerprint density at radius 1 is 1.22 bits per heavy atom. The maximum atomic E-state index is 13.0. The second kappa shape index (κ2) is 6.92. The van der Waals surface area contributed by atoms with Gasteiger partial charge < -0.3 is 14.4 Å². The third kappa shape index (κ3) is 3.27. The number of ether oxygens (including phenoxy) is 2. The van der Waals surface area contributed by atoms with E-state index in [1.807, 2.05) is 30.3 Å². The van der Waals surface area contributed by atoms with Gasteiger partial charge in [0.1, 0.15) is 0 Å². The first-order chi connectivity index (χ1) is 11.2. The van der Waals surface area contributed by atoms with Crippen molar-refractivity contribution in [3.63, 3.8) is 0 Å². The summed E-state index contributed by atoms with van der Waals surface area (Å²) in [6.07, 6.45) is 1.94. The van der Waals surface area contributed by atoms with Crippen LogP contribution in [-0.4, -0.2) is 19.2 Å². The van der Waals surface area contributed by atoms with Gasteiger partial charge in [-0.05, 0) is 30.7 Å². The molecule has 0 bridgehead atoms. The molecule has 0 unspecified atom stereocenters. The fourth-order valence-corrected chi connectivity index (χ4v) is 2.78. The van der Waals surface area contributed by atoms with Crippen LogP contribution in [-0.2, 0) is 0 Å². The summed E-state index contributed by atoms with van der Waals surface area (Å²) in [5.41, 5.74) is 1.37. The standard InChI is InChI=1S/C18H18ClNO3/c1-2-3-9-20(14-7-5-4-6-8-14)18(21)13-10-15(19)17-16(11-13)22-12-23-17/h4-8,10-11H,2-3,9,12H2,1H3. The number of unbranched alkanes of at least 4 members (excludes halogenated alkanes) is 1. The maximum absolute atomic E-state index is 13.0. The van der Waals surface area contributed by atoms with Gasteiger partial charge in [-0.15, -0.1) is 0 Å². The van der Waals surface area contributed by atoms with Crippen molar-refractivity contribution in [3.8, 4) is 11.5 Å². The van der Waals surface area contributed by atoms with Crippen LogP contribution in [0.4, 0.5) is 5.69 Å². The number of hydrogen-bond donors (Lipinski definition) is 0. The Bertz CT molecular complexity index is 703. The van der Waals surface area contributed by atoms with Crippen LogP contribution in [0.1, 0.15) is 30.1 Å². The highest BCUT2D eigenvalue weighted by Gasteiger charge is 2.23. The van der Waals surface area contributed by atoms with Gasteiger partial charge >= 0.3 is 0 Å². The Labute approximate surface area is 140 Å². The monoisotopic (exact) mass is 331 g/mol. The van der Waals surface area contributed by atoms with Crippen molar-refractivity contribution in [2.45, 2.75) is 19.8 Å². The molecule has 0 aromatic heterocycles. The van der Waals surface area contributed by atoms with Crippen molar-refractivity contribution in [3.05, 3.63) is 53.1 Å². The van der Waals surface area contributed by atoms with Crippen molar-refractivity contribution >= 4 is 23.2 Å². The summed E-state index contributed by atoms with van der Waals surface area (Å²) < 4.78 is 10.7. The molecule has 5 heteroatoms. The number of carbonyl (C=O) groups excluding carboxylic acids is 1. The summed E-state index contributed by atoms with van der Waals surface area (Å²) in [5, 5.41) is 0.395. The van der Waals surface area contributed by atoms with E-state index in [0.29, 0.717) is 28.6 Å². The van der Waals surface area contributed by atoms with Crippen LogP contribution < -0.4 is 14.4 Å². The molecule has 0 N–H and O–H groups in total. The van der Waals surface area contributed by atoms with Gasteiger partial charge in [0.05, 0.1) is 5.02 Å². The van der Waals surface area contributed by atoms with E-state index in [1.54, 1.807) is 17.0 Å². The molecule has 0 aliphatic carbocycles. The van der Waals surface area contributed by atoms with Crippen LogP contribution >= 0.6 is 11.6 Å². The molecule has 1 aliphatic heterocycles. The normalized spacial score (nSPS) is 12.3. The molecule has 0 saturated heterocycles. The highest BCUT2D eigenvalue weighted by molar-refractivity contribution is 6.33. The van der Waals surface area contributed by atoms with E-state index in [9.17, 15) is 4.79 Å². The van der Waals surface area contributed by atoms with Crippen LogP contribution in [0, 0.1) is 0 Å². The van der Waals surface area contributed by atoms with Crippen LogP contribution in [0.5, 0.6) is 11.5 Å². The lowest BCUT2D eigenvalue weighted by molar-refractivity contribution is 0.0986. The van der Waals surface area contributed by atoms with E-state index in [2.05, 4.69) is 6.92 Å². The SMILES string of the molecule is CCCCN(C(=O)c1cc(Cl)c2c(c1)OCO2)c1ccccc1. The summed E-state index contributed by atoms with van der Waals surface area (Å²) in [4.78, 5) is 14.7. The number of halogens is 1. The molecule has 120 valence electrons. The predicted molar refractivity (Wildman–Crippen MR) is 90.6 cm³/mol. The molecule has 1 heterocycles. The fourth-order valence-electron chi connectivity index (χ4n) is 2.52. The molecule has 0 fully saturated rings. The molecular weight excluding hydrogens is 314 g/mol. The average Bonchev–Trinajstić information content (AvgIpc) is 3.05. The number of anilines is 1. The molecule has 1 aliphatic rings. The minimum atomic E-state index is -0.0927. The van der Waals surface area contributed by atoms with E-state index in [0.717, 1.165) is 18.5 Å². The van der Waals surface area contributed by atoms with Crippen molar-refractivity contribution in [1.82, 2.24) is 0 Å². The van der Waals surface area contributed by atoms with E-state index in [1.165, 1.54) is 0 Å². The first-order valence-electron chi connectivity index (χ1n) is 7.66. The second-order valence-corrected chi connectivity index (χ2v) is 5.74. The first kappa shape index (κ1) is 15.7. The highest BCUT2D eigenvalue weighted by atomic mass is 35.5. The van der Waals surface area contributed by atoms with Crippen molar-refractivity contribution in [2.75, 3.05) is 18.2 Å². The number of nitrogens with zero attached hydrogens (tertiary/aromatic N) is 1. The zero-order valence-corrected chi connectivity index (χ0v) is 13.7. The molecule has 3 rings (SSSR count). The van der Waals surface area contributed by atoms with Crippen molar-refractivity contribution in [1.29, 1.82) is 0 Å². The van der Waals surface area contributed by atoms with Crippen LogP contribution in [0.15, 0.2) is 42.5 Å². The maximum Gasteiger partial charge on any atom is 0.258 e. The molecule has 0 saturated carbocycles. The zero-order valence-electron chi connectivity index (χ0n) is 12.9. The summed E-state index contributed by atoms with van der Waals surface area (Å²) in [5.74, 6) is 0.928. The van der Waals surface area contributed by atoms with Gasteiger partial charge in [0.25, 0.3) is 5.91 Å². The van der Waals surface area contributed by atoms with Gasteiger partial charge in [-0.2, -0.15) is 0 Å². The average molecular weight is 332 g/mol. The molecule has 1 amide bonds. The molecule has 2 aromatic rings. The van der Waals surface area contributed by atoms with Gasteiger partial charge in [-0.25, -0.2) is 0 Å². The zero-order chi connectivity index (χ0) is 16.2. The van der Waals surface area contributed by atoms with E-state index in [-0.39, 0.29) is 12.7 Å². The first-order valence-corrected chi connectivity index (χ1v) is 8.04. The molecule has 0 atom stereocenters. The number of fused-ring (bicyclic) bond motifs is 1. The van der Waals surface area contributed by atoms with Crippen molar-refractivity contribution < 1.29 is 14.3 Å². The minimum Gasteiger partial charge on any atom is -0.454 e. The van der Waals surface area contributed by atoms with Crippen LogP contribution in [0.2, 0.25) is 5.02 Å². The summed E-state index contributed by atoms with van der Waals surface area (Å²) in [6.45, 7) is 2.89. The lowest BCUT2D eigenvalue weighted by Gasteiger charge is -2.23. The third-order valence-electron chi connectivity index (χ3n) is 3.72. The predicted octanol–water partition coefficient (Wildman–Crippen LogP) is 4.52. The summed E-state index contributed by atoms with van der Waals surface area (Å²) >= 11 is 6.20. The third-order valence-corrected chi connectivity index (χ3v) is 4.00. The van der Waals surface area contributed by atoms with Crippen LogP contribution in [0.3, 0.4) is 0 Å². The Hall–Kier alpha value is -2.20. The highest BCUT2D eigenvalue weighted by Crippen LogP contribution is 2.40. The van der Waals surface area contributed by atoms with Gasteiger partial charge in [-0.1, -0.05) is 43.1 Å². The van der Waals surface area contributed by atoms with Gasteiger partial charge in [0.2, 0.25) is 6.79 Å². The molecule has 2 aromatic carbocycles. The number of rotatable bonds is 5. The molecule has 23 heavy (non-hydrogen) atoms. The lowest BCUT2D eigenvalue weighted by Crippen LogP contribution is -2.31. The number of amides is 1. The van der Waals surface area contributed by atoms with Gasteiger partial charge in [-0.3, -0.25) is 4.79 Å². The van der Waals surface area contributed by atoms with Gasteiger partial charge in [0, 0.05) is 17.8 Å². The molecule has 4 nitrogen and oxygen atoms in total. The topological polar surface area (TPSA) is 38.8 Å². The Kier molecular flexibility index (Phi) is 4.72. The van der Waals surface area contributed by atoms with E-state index in [4.69, 9.17) is 21.1 Å². The number of carbonyl (C=O) groups is 1. The Balaban J connectivity index is 1.93. The van der Waals surface area contributed by atoms with E-state index < -0.39 is 0 Å². The van der Waals surface area contributed by atoms with E-state index >= 15 is 0 Å². The smallest absolute Gasteiger partial charge is 0.258 e. The van der Waals surface area contributed by atoms with Gasteiger partial charge in [0.15, 0.2) is 11.5 Å². The number of para-hydroxylation sites is 1. The summed E-state index contributed by atoms with van der Waals surface area (Å²) in [6, 6.07) is 13.0. The molecule has 0 spiro atoms. The summed E-state index contributed by atoms with van der Waals surface area (Å²) in [7, 11) is 0. The van der Waals surface area contributed by atoms with Crippen molar-refractivity contribution in [2.24, 2.45) is 0 Å². The Morgan fingerprint density at radius 3 is 2.74 bits per heavy atom. The minimum absolute atomic E-state index is 0.0927. The molecule has 0 radical (unpaired) electrons. The number of hydrogen-bond acceptors (Lipinski definition) is 3. The lowest BCUT2D eigenvalue weighted by atomic mass is 10.1. The fraction of sp³-hybridized carbons (Fsp3) is 0.278. The number of benzene rings is 2. The quantitative estimate of drug-likeness (QED) is 0.808. The molecular formula is C18H18ClNO3. The largest absolute Gasteiger partial charge is 0.454 e. The Morgan fingerprint density at radius 2 is 2.00 bits per heavy atom.